The van der Waals surface area contributed by atoms with Crippen LogP contribution in [0, 0.1) is 5.92 Å². The second kappa shape index (κ2) is 7.05. The molecule has 0 aromatic heterocycles. The van der Waals surface area contributed by atoms with Gasteiger partial charge in [0.25, 0.3) is 0 Å². The Hall–Kier alpha value is -0.300. The Bertz CT molecular complexity index is 172. The van der Waals surface area contributed by atoms with Gasteiger partial charge in [-0.05, 0) is 46.5 Å². The van der Waals surface area contributed by atoms with Gasteiger partial charge in [0.1, 0.15) is 0 Å². The van der Waals surface area contributed by atoms with Crippen molar-refractivity contribution < 1.29 is 0 Å². The van der Waals surface area contributed by atoms with Crippen LogP contribution in [0.15, 0.2) is 12.7 Å². The molecule has 0 saturated carbocycles. The van der Waals surface area contributed by atoms with E-state index in [1.807, 2.05) is 6.08 Å². The third-order valence-electron chi connectivity index (χ3n) is 3.08. The van der Waals surface area contributed by atoms with Crippen LogP contribution < -0.4 is 0 Å². The molecular weight excluding hydrogens is 182 g/mol. The summed E-state index contributed by atoms with van der Waals surface area (Å²) < 4.78 is 0. The van der Waals surface area contributed by atoms with Crippen molar-refractivity contribution in [2.45, 2.75) is 72.5 Å². The van der Waals surface area contributed by atoms with E-state index in [-0.39, 0.29) is 0 Å². The third kappa shape index (κ3) is 5.36. The first kappa shape index (κ1) is 14.7. The van der Waals surface area contributed by atoms with Gasteiger partial charge in [-0.2, -0.15) is 0 Å². The van der Waals surface area contributed by atoms with E-state index >= 15 is 0 Å². The largest absolute Gasteiger partial charge is 0.292 e. The van der Waals surface area contributed by atoms with E-state index in [0.29, 0.717) is 18.1 Å². The smallest absolute Gasteiger partial charge is 0.0252 e. The molecule has 1 nitrogen and oxygen atoms in total. The minimum Gasteiger partial charge on any atom is -0.292 e. The highest BCUT2D eigenvalue weighted by molar-refractivity contribution is 4.88. The molecule has 0 saturated heterocycles. The van der Waals surface area contributed by atoms with Crippen molar-refractivity contribution in [3.05, 3.63) is 12.7 Å². The summed E-state index contributed by atoms with van der Waals surface area (Å²) in [4.78, 5) is 2.55. The molecule has 0 aliphatic carbocycles. The maximum atomic E-state index is 3.90. The second-order valence-corrected chi connectivity index (χ2v) is 5.34. The molecule has 0 aromatic carbocycles. The van der Waals surface area contributed by atoms with Gasteiger partial charge in [-0.15, -0.1) is 6.58 Å². The molecule has 0 N–H and O–H groups in total. The summed E-state index contributed by atoms with van der Waals surface area (Å²) in [6, 6.07) is 1.73. The van der Waals surface area contributed by atoms with E-state index in [0.717, 1.165) is 5.92 Å². The van der Waals surface area contributed by atoms with Gasteiger partial charge in [0, 0.05) is 18.1 Å². The predicted molar refractivity (Wildman–Crippen MR) is 70.2 cm³/mol. The molecule has 1 heteroatoms. The van der Waals surface area contributed by atoms with Crippen molar-refractivity contribution in [1.82, 2.24) is 4.90 Å². The molecule has 0 aliphatic rings. The van der Waals surface area contributed by atoms with Gasteiger partial charge in [0.2, 0.25) is 0 Å². The van der Waals surface area contributed by atoms with Gasteiger partial charge in [0.15, 0.2) is 0 Å². The lowest BCUT2D eigenvalue weighted by Crippen LogP contribution is -2.44. The zero-order chi connectivity index (χ0) is 12.0. The molecule has 0 fully saturated rings. The van der Waals surface area contributed by atoms with E-state index in [4.69, 9.17) is 0 Å². The Morgan fingerprint density at radius 3 is 1.87 bits per heavy atom. The summed E-state index contributed by atoms with van der Waals surface area (Å²) in [6.07, 6.45) is 4.65. The van der Waals surface area contributed by atoms with E-state index in [9.17, 15) is 0 Å². The molecule has 90 valence electrons. The Morgan fingerprint density at radius 1 is 1.00 bits per heavy atom. The van der Waals surface area contributed by atoms with Crippen LogP contribution in [0.2, 0.25) is 0 Å². The van der Waals surface area contributed by atoms with Crippen LogP contribution in [0.4, 0.5) is 0 Å². The zero-order valence-corrected chi connectivity index (χ0v) is 11.5. The lowest BCUT2D eigenvalue weighted by Gasteiger charge is -2.37. The number of nitrogens with zero attached hydrogens (tertiary/aromatic N) is 1. The maximum absolute atomic E-state index is 3.90. The fourth-order valence-corrected chi connectivity index (χ4v) is 2.23. The molecule has 0 radical (unpaired) electrons. The second-order valence-electron chi connectivity index (χ2n) is 5.34. The fraction of sp³-hybridized carbons (Fsp3) is 0.857. The molecule has 1 unspecified atom stereocenters. The molecule has 0 spiro atoms. The van der Waals surface area contributed by atoms with Crippen molar-refractivity contribution in [2.24, 2.45) is 5.92 Å². The quantitative estimate of drug-likeness (QED) is 0.573. The van der Waals surface area contributed by atoms with Crippen LogP contribution in [0.1, 0.15) is 54.4 Å². The Balaban J connectivity index is 4.28. The topological polar surface area (TPSA) is 3.24 Å². The highest BCUT2D eigenvalue weighted by atomic mass is 15.2. The Morgan fingerprint density at radius 2 is 1.53 bits per heavy atom. The molecule has 0 aliphatic heterocycles. The first-order chi connectivity index (χ1) is 6.90. The van der Waals surface area contributed by atoms with Crippen LogP contribution in [-0.4, -0.2) is 23.0 Å². The fourth-order valence-electron chi connectivity index (χ4n) is 2.23. The van der Waals surface area contributed by atoms with Gasteiger partial charge >= 0.3 is 0 Å². The van der Waals surface area contributed by atoms with Crippen LogP contribution in [0.5, 0.6) is 0 Å². The third-order valence-corrected chi connectivity index (χ3v) is 3.08. The van der Waals surface area contributed by atoms with Gasteiger partial charge in [0.05, 0.1) is 0 Å². The van der Waals surface area contributed by atoms with E-state index in [1.54, 1.807) is 0 Å². The summed E-state index contributed by atoms with van der Waals surface area (Å²) in [6.45, 7) is 17.6. The molecule has 0 amide bonds. The van der Waals surface area contributed by atoms with E-state index in [2.05, 4.69) is 53.0 Å². The van der Waals surface area contributed by atoms with Crippen LogP contribution >= 0.6 is 0 Å². The highest BCUT2D eigenvalue weighted by Crippen LogP contribution is 2.17. The van der Waals surface area contributed by atoms with E-state index in [1.165, 1.54) is 12.8 Å². The summed E-state index contributed by atoms with van der Waals surface area (Å²) in [7, 11) is 0. The molecule has 15 heavy (non-hydrogen) atoms. The van der Waals surface area contributed by atoms with E-state index < -0.39 is 0 Å². The number of hydrogen-bond acceptors (Lipinski definition) is 1. The SMILES string of the molecule is C=C[C@@H](C)N(C(C)C)C(C)CCC(C)C. The average Bonchev–Trinajstić information content (AvgIpc) is 2.14. The van der Waals surface area contributed by atoms with Crippen molar-refractivity contribution in [3.8, 4) is 0 Å². The van der Waals surface area contributed by atoms with Crippen LogP contribution in [0.3, 0.4) is 0 Å². The summed E-state index contributed by atoms with van der Waals surface area (Å²) in [5, 5.41) is 0. The zero-order valence-electron chi connectivity index (χ0n) is 11.5. The minimum absolute atomic E-state index is 0.479. The predicted octanol–water partition coefficient (Wildman–Crippen LogP) is 4.10. The average molecular weight is 211 g/mol. The number of rotatable bonds is 7. The molecule has 0 rings (SSSR count). The lowest BCUT2D eigenvalue weighted by atomic mass is 10.0. The van der Waals surface area contributed by atoms with Crippen molar-refractivity contribution in [3.63, 3.8) is 0 Å². The minimum atomic E-state index is 0.479. The monoisotopic (exact) mass is 211 g/mol. The van der Waals surface area contributed by atoms with Crippen LogP contribution in [0.25, 0.3) is 0 Å². The maximum Gasteiger partial charge on any atom is 0.0252 e. The van der Waals surface area contributed by atoms with Crippen molar-refractivity contribution in [1.29, 1.82) is 0 Å². The molecular formula is C14H29N. The standard InChI is InChI=1S/C14H29N/c1-8-13(6)15(12(4)5)14(7)10-9-11(2)3/h8,11-14H,1,9-10H2,2-7H3/t13-,14?/m1/s1. The number of hydrogen-bond donors (Lipinski definition) is 0. The van der Waals surface area contributed by atoms with Crippen molar-refractivity contribution >= 4 is 0 Å². The van der Waals surface area contributed by atoms with Gasteiger partial charge in [-0.1, -0.05) is 19.9 Å². The summed E-state index contributed by atoms with van der Waals surface area (Å²) in [5.74, 6) is 0.806. The van der Waals surface area contributed by atoms with Gasteiger partial charge in [-0.25, -0.2) is 0 Å². The summed E-state index contributed by atoms with van der Waals surface area (Å²) in [5.41, 5.74) is 0. The first-order valence-corrected chi connectivity index (χ1v) is 6.30. The van der Waals surface area contributed by atoms with Gasteiger partial charge in [-0.3, -0.25) is 4.90 Å². The lowest BCUT2D eigenvalue weighted by molar-refractivity contribution is 0.126. The normalized spacial score (nSPS) is 16.1. The molecule has 0 aromatic rings. The molecule has 0 bridgehead atoms. The van der Waals surface area contributed by atoms with Crippen molar-refractivity contribution in [2.75, 3.05) is 0 Å². The van der Waals surface area contributed by atoms with Gasteiger partial charge < -0.3 is 0 Å². The summed E-state index contributed by atoms with van der Waals surface area (Å²) >= 11 is 0. The highest BCUT2D eigenvalue weighted by Gasteiger charge is 2.20. The molecule has 2 atom stereocenters. The first-order valence-electron chi connectivity index (χ1n) is 6.30. The van der Waals surface area contributed by atoms with Crippen LogP contribution in [-0.2, 0) is 0 Å². The Kier molecular flexibility index (Phi) is 6.91. The Labute approximate surface area is 96.6 Å². The molecule has 0 heterocycles.